The number of aryl methyl sites for hydroxylation is 1. The van der Waals surface area contributed by atoms with E-state index >= 15 is 0 Å². The van der Waals surface area contributed by atoms with Gasteiger partial charge in [-0.2, -0.15) is 0 Å². The average Bonchev–Trinajstić information content (AvgIpc) is 2.47. The van der Waals surface area contributed by atoms with Crippen molar-refractivity contribution in [3.8, 4) is 0 Å². The van der Waals surface area contributed by atoms with Gasteiger partial charge in [-0.15, -0.1) is 0 Å². The molecule has 120 valence electrons. The van der Waals surface area contributed by atoms with Gasteiger partial charge in [0, 0.05) is 26.5 Å². The second kappa shape index (κ2) is 7.15. The van der Waals surface area contributed by atoms with Crippen molar-refractivity contribution in [1.29, 1.82) is 0 Å². The van der Waals surface area contributed by atoms with Crippen molar-refractivity contribution < 1.29 is 27.6 Å². The molecular weight excluding hydrogens is 311 g/mol. The largest absolute Gasteiger partial charge is 0.536 e. The molecular formula is C13H23O6PSi. The van der Waals surface area contributed by atoms with Gasteiger partial charge in [-0.3, -0.25) is 4.57 Å². The van der Waals surface area contributed by atoms with E-state index < -0.39 is 16.4 Å². The molecule has 0 aliphatic heterocycles. The smallest absolute Gasteiger partial charge is 0.373 e. The first kappa shape index (κ1) is 18.5. The van der Waals surface area contributed by atoms with Crippen molar-refractivity contribution in [2.45, 2.75) is 26.7 Å². The Labute approximate surface area is 126 Å². The number of hydrogen-bond donors (Lipinski definition) is 2. The van der Waals surface area contributed by atoms with Gasteiger partial charge in [0.2, 0.25) is 0 Å². The van der Waals surface area contributed by atoms with Crippen LogP contribution >= 0.6 is 7.60 Å². The molecule has 0 heterocycles. The van der Waals surface area contributed by atoms with Crippen molar-refractivity contribution in [3.05, 3.63) is 23.3 Å². The van der Waals surface area contributed by atoms with E-state index in [1.54, 1.807) is 6.07 Å². The summed E-state index contributed by atoms with van der Waals surface area (Å²) in [6.07, 6.45) is 1.14. The van der Waals surface area contributed by atoms with E-state index in [0.717, 1.165) is 5.56 Å². The molecule has 0 saturated heterocycles. The first-order valence-electron chi connectivity index (χ1n) is 6.68. The number of benzene rings is 1. The Morgan fingerprint density at radius 2 is 1.57 bits per heavy atom. The Kier molecular flexibility index (Phi) is 6.31. The van der Waals surface area contributed by atoms with Crippen molar-refractivity contribution >= 4 is 26.9 Å². The predicted octanol–water partition coefficient (Wildman–Crippen LogP) is 0.699. The van der Waals surface area contributed by atoms with Crippen LogP contribution in [0.4, 0.5) is 0 Å². The molecule has 0 amide bonds. The SMILES string of the molecule is CCc1ccc(P(=O)(O)O)c(CC)c1[Si](OC)(OC)OC. The van der Waals surface area contributed by atoms with Gasteiger partial charge in [0.05, 0.1) is 5.30 Å². The van der Waals surface area contributed by atoms with Crippen LogP contribution in [0.25, 0.3) is 0 Å². The van der Waals surface area contributed by atoms with Gasteiger partial charge in [-0.25, -0.2) is 0 Å². The lowest BCUT2D eigenvalue weighted by Crippen LogP contribution is -2.58. The number of rotatable bonds is 7. The Bertz CT molecular complexity index is 529. The van der Waals surface area contributed by atoms with Gasteiger partial charge < -0.3 is 23.1 Å². The number of hydrogen-bond acceptors (Lipinski definition) is 4. The molecule has 21 heavy (non-hydrogen) atoms. The standard InChI is InChI=1S/C13H23O6PSi/c1-6-10-8-9-12(20(14,15)16)11(7-2)13(10)21(17-3,18-4)19-5/h8-9H,6-7H2,1-5H3,(H2,14,15,16). The lowest BCUT2D eigenvalue weighted by Gasteiger charge is -2.30. The van der Waals surface area contributed by atoms with Crippen LogP contribution in [0.2, 0.25) is 0 Å². The van der Waals surface area contributed by atoms with Crippen LogP contribution < -0.4 is 10.5 Å². The Morgan fingerprint density at radius 3 is 1.90 bits per heavy atom. The van der Waals surface area contributed by atoms with Crippen molar-refractivity contribution in [3.63, 3.8) is 0 Å². The first-order chi connectivity index (χ1) is 9.81. The predicted molar refractivity (Wildman–Crippen MR) is 83.3 cm³/mol. The van der Waals surface area contributed by atoms with E-state index in [1.165, 1.54) is 27.4 Å². The van der Waals surface area contributed by atoms with Crippen LogP contribution in [-0.2, 0) is 30.7 Å². The normalized spacial score (nSPS) is 12.7. The van der Waals surface area contributed by atoms with Gasteiger partial charge in [0.15, 0.2) is 0 Å². The molecule has 0 atom stereocenters. The third-order valence-corrected chi connectivity index (χ3v) is 7.43. The Morgan fingerprint density at radius 1 is 1.05 bits per heavy atom. The minimum absolute atomic E-state index is 0.0141. The highest BCUT2D eigenvalue weighted by atomic mass is 31.2. The molecule has 6 nitrogen and oxygen atoms in total. The summed E-state index contributed by atoms with van der Waals surface area (Å²) in [4.78, 5) is 19.2. The van der Waals surface area contributed by atoms with Crippen LogP contribution in [0, 0.1) is 0 Å². The second-order valence-electron chi connectivity index (χ2n) is 4.52. The zero-order valence-electron chi connectivity index (χ0n) is 13.0. The zero-order chi connectivity index (χ0) is 16.3. The molecule has 1 aromatic carbocycles. The Balaban J connectivity index is 3.79. The maximum absolute atomic E-state index is 11.7. The maximum Gasteiger partial charge on any atom is 0.536 e. The van der Waals surface area contributed by atoms with E-state index in [9.17, 15) is 14.4 Å². The molecule has 1 rings (SSSR count). The van der Waals surface area contributed by atoms with E-state index in [2.05, 4.69) is 0 Å². The molecule has 0 fully saturated rings. The van der Waals surface area contributed by atoms with Crippen molar-refractivity contribution in [2.24, 2.45) is 0 Å². The summed E-state index contributed by atoms with van der Waals surface area (Å²) in [6.45, 7) is 3.81. The molecule has 8 heteroatoms. The molecule has 2 N–H and O–H groups in total. The van der Waals surface area contributed by atoms with E-state index in [0.29, 0.717) is 23.6 Å². The topological polar surface area (TPSA) is 85.2 Å². The van der Waals surface area contributed by atoms with Gasteiger partial charge in [0.25, 0.3) is 0 Å². The third-order valence-electron chi connectivity index (χ3n) is 3.54. The highest BCUT2D eigenvalue weighted by Gasteiger charge is 2.45. The average molecular weight is 334 g/mol. The van der Waals surface area contributed by atoms with Crippen molar-refractivity contribution in [2.75, 3.05) is 21.3 Å². The summed E-state index contributed by atoms with van der Waals surface area (Å²) < 4.78 is 28.3. The second-order valence-corrected chi connectivity index (χ2v) is 8.92. The van der Waals surface area contributed by atoms with E-state index in [1.807, 2.05) is 13.8 Å². The molecule has 0 aromatic heterocycles. The fourth-order valence-electron chi connectivity index (χ4n) is 2.55. The minimum Gasteiger partial charge on any atom is -0.373 e. The summed E-state index contributed by atoms with van der Waals surface area (Å²) in [5.41, 5.74) is 1.47. The molecule has 1 aromatic rings. The molecule has 0 bridgehead atoms. The summed E-state index contributed by atoms with van der Waals surface area (Å²) in [5, 5.41) is 0.682. The van der Waals surface area contributed by atoms with Gasteiger partial charge in [-0.1, -0.05) is 19.9 Å². The van der Waals surface area contributed by atoms with Gasteiger partial charge in [-0.05, 0) is 30.0 Å². The molecule has 0 radical (unpaired) electrons. The maximum atomic E-state index is 11.7. The van der Waals surface area contributed by atoms with E-state index in [4.69, 9.17) is 13.3 Å². The monoisotopic (exact) mass is 334 g/mol. The molecule has 0 saturated carbocycles. The summed E-state index contributed by atoms with van der Waals surface area (Å²) in [5.74, 6) is 0. The highest BCUT2D eigenvalue weighted by Crippen LogP contribution is 2.35. The van der Waals surface area contributed by atoms with Crippen LogP contribution in [0.5, 0.6) is 0 Å². The molecule has 0 spiro atoms. The lowest BCUT2D eigenvalue weighted by molar-refractivity contribution is 0.140. The Hall–Kier alpha value is -0.533. The van der Waals surface area contributed by atoms with Crippen LogP contribution in [-0.4, -0.2) is 39.9 Å². The molecule has 0 aliphatic carbocycles. The van der Waals surface area contributed by atoms with E-state index in [-0.39, 0.29) is 5.30 Å². The van der Waals surface area contributed by atoms with Gasteiger partial charge >= 0.3 is 16.4 Å². The lowest BCUT2D eigenvalue weighted by atomic mass is 10.1. The van der Waals surface area contributed by atoms with Crippen LogP contribution in [0.3, 0.4) is 0 Å². The summed E-state index contributed by atoms with van der Waals surface area (Å²) in [6, 6.07) is 3.20. The summed E-state index contributed by atoms with van der Waals surface area (Å²) >= 11 is 0. The van der Waals surface area contributed by atoms with Crippen molar-refractivity contribution in [1.82, 2.24) is 0 Å². The first-order valence-corrected chi connectivity index (χ1v) is 10.0. The fourth-order valence-corrected chi connectivity index (χ4v) is 5.99. The van der Waals surface area contributed by atoms with Crippen LogP contribution in [0.1, 0.15) is 25.0 Å². The van der Waals surface area contributed by atoms with Gasteiger partial charge in [0.1, 0.15) is 0 Å². The minimum atomic E-state index is -4.37. The molecule has 0 unspecified atom stereocenters. The third kappa shape index (κ3) is 3.45. The quantitative estimate of drug-likeness (QED) is 0.564. The highest BCUT2D eigenvalue weighted by molar-refractivity contribution is 7.60. The fraction of sp³-hybridized carbons (Fsp3) is 0.538. The molecule has 0 aliphatic rings. The van der Waals surface area contributed by atoms with Crippen LogP contribution in [0.15, 0.2) is 12.1 Å². The summed E-state index contributed by atoms with van der Waals surface area (Å²) in [7, 11) is -3.09. The zero-order valence-corrected chi connectivity index (χ0v) is 14.9.